The van der Waals surface area contributed by atoms with Gasteiger partial charge in [0.2, 0.25) is 0 Å². The van der Waals surface area contributed by atoms with Crippen LogP contribution in [0.1, 0.15) is 29.2 Å². The van der Waals surface area contributed by atoms with Crippen molar-refractivity contribution in [2.45, 2.75) is 19.5 Å². The summed E-state index contributed by atoms with van der Waals surface area (Å²) >= 11 is 5.18. The van der Waals surface area contributed by atoms with Crippen LogP contribution in [0.4, 0.5) is 18.9 Å². The highest BCUT2D eigenvalue weighted by Gasteiger charge is 2.37. The molecular weight excluding hydrogens is 311 g/mol. The maximum absolute atomic E-state index is 13.3. The van der Waals surface area contributed by atoms with Gasteiger partial charge in [-0.15, -0.1) is 0 Å². The Bertz CT molecular complexity index is 728. The number of nitriles is 1. The molecule has 0 aliphatic carbocycles. The molecular formula is C15H12F3N3S. The van der Waals surface area contributed by atoms with Crippen molar-refractivity contribution in [2.24, 2.45) is 0 Å². The zero-order valence-corrected chi connectivity index (χ0v) is 12.4. The molecule has 0 fully saturated rings. The van der Waals surface area contributed by atoms with Crippen LogP contribution in [-0.4, -0.2) is 9.97 Å². The van der Waals surface area contributed by atoms with E-state index >= 15 is 0 Å². The smallest absolute Gasteiger partial charge is 0.367 e. The number of aromatic amines is 1. The lowest BCUT2D eigenvalue weighted by Gasteiger charge is -2.18. The highest BCUT2D eigenvalue weighted by Crippen LogP contribution is 2.38. The van der Waals surface area contributed by atoms with E-state index in [4.69, 9.17) is 17.5 Å². The summed E-state index contributed by atoms with van der Waals surface area (Å²) in [6.45, 7) is 1.61. The van der Waals surface area contributed by atoms with E-state index in [1.54, 1.807) is 31.5 Å². The second kappa shape index (κ2) is 6.20. The van der Waals surface area contributed by atoms with E-state index in [0.717, 1.165) is 6.07 Å². The first-order valence-corrected chi connectivity index (χ1v) is 6.86. The molecule has 0 radical (unpaired) electrons. The van der Waals surface area contributed by atoms with E-state index < -0.39 is 11.7 Å². The molecule has 0 amide bonds. The number of H-pyrrole nitrogens is 1. The van der Waals surface area contributed by atoms with Crippen LogP contribution in [-0.2, 0) is 12.6 Å². The van der Waals surface area contributed by atoms with Gasteiger partial charge in [-0.25, -0.2) is 0 Å². The van der Waals surface area contributed by atoms with Crippen LogP contribution in [0.15, 0.2) is 30.6 Å². The number of rotatable bonds is 3. The van der Waals surface area contributed by atoms with Gasteiger partial charge in [-0.2, -0.15) is 18.4 Å². The van der Waals surface area contributed by atoms with Crippen LogP contribution in [0, 0.1) is 11.3 Å². The number of hydrogen-bond acceptors (Lipinski definition) is 2. The van der Waals surface area contributed by atoms with E-state index in [0.29, 0.717) is 10.6 Å². The summed E-state index contributed by atoms with van der Waals surface area (Å²) in [5, 5.41) is 11.8. The fourth-order valence-corrected chi connectivity index (χ4v) is 2.45. The number of nitrogens with zero attached hydrogens (tertiary/aromatic N) is 1. The SMILES string of the molecule is CCc1c(NC(=S)c2cc[nH]c2)ccc(C#N)c1C(F)(F)F. The highest BCUT2D eigenvalue weighted by atomic mass is 32.1. The molecule has 22 heavy (non-hydrogen) atoms. The lowest BCUT2D eigenvalue weighted by atomic mass is 9.97. The van der Waals surface area contributed by atoms with E-state index in [1.807, 2.05) is 0 Å². The maximum Gasteiger partial charge on any atom is 0.418 e. The Morgan fingerprint density at radius 3 is 2.59 bits per heavy atom. The first-order valence-electron chi connectivity index (χ1n) is 6.45. The third kappa shape index (κ3) is 3.12. The van der Waals surface area contributed by atoms with Crippen LogP contribution in [0.2, 0.25) is 0 Å². The van der Waals surface area contributed by atoms with Crippen molar-refractivity contribution in [3.8, 4) is 6.07 Å². The summed E-state index contributed by atoms with van der Waals surface area (Å²) < 4.78 is 39.8. The molecule has 0 spiro atoms. The minimum atomic E-state index is -4.59. The molecule has 0 saturated carbocycles. The Labute approximate surface area is 130 Å². The van der Waals surface area contributed by atoms with Crippen molar-refractivity contribution in [1.29, 1.82) is 5.26 Å². The van der Waals surface area contributed by atoms with Crippen molar-refractivity contribution in [3.05, 3.63) is 52.8 Å². The molecule has 2 rings (SSSR count). The van der Waals surface area contributed by atoms with Gasteiger partial charge in [-0.05, 0) is 30.2 Å². The summed E-state index contributed by atoms with van der Waals surface area (Å²) in [6.07, 6.45) is -1.15. The van der Waals surface area contributed by atoms with Crippen LogP contribution in [0.25, 0.3) is 0 Å². The molecule has 0 unspecified atom stereocenters. The normalized spacial score (nSPS) is 11.0. The van der Waals surface area contributed by atoms with Gasteiger partial charge in [0.05, 0.1) is 17.2 Å². The van der Waals surface area contributed by atoms with Gasteiger partial charge in [-0.3, -0.25) is 0 Å². The number of anilines is 1. The van der Waals surface area contributed by atoms with Gasteiger partial charge >= 0.3 is 6.18 Å². The molecule has 1 heterocycles. The van der Waals surface area contributed by atoms with E-state index in [9.17, 15) is 13.2 Å². The first kappa shape index (κ1) is 16.0. The Kier molecular flexibility index (Phi) is 4.52. The number of nitrogens with one attached hydrogen (secondary N) is 2. The molecule has 114 valence electrons. The molecule has 0 bridgehead atoms. The lowest BCUT2D eigenvalue weighted by molar-refractivity contribution is -0.138. The summed E-state index contributed by atoms with van der Waals surface area (Å²) in [5.41, 5.74) is -0.318. The van der Waals surface area contributed by atoms with Gasteiger partial charge < -0.3 is 10.3 Å². The van der Waals surface area contributed by atoms with Gasteiger partial charge in [-0.1, -0.05) is 19.1 Å². The van der Waals surface area contributed by atoms with Crippen LogP contribution in [0.5, 0.6) is 0 Å². The average molecular weight is 323 g/mol. The summed E-state index contributed by atoms with van der Waals surface area (Å²) in [7, 11) is 0. The predicted molar refractivity (Wildman–Crippen MR) is 81.7 cm³/mol. The second-order valence-electron chi connectivity index (χ2n) is 4.53. The van der Waals surface area contributed by atoms with Gasteiger partial charge in [0, 0.05) is 23.6 Å². The molecule has 2 N–H and O–H groups in total. The number of thiocarbonyl (C=S) groups is 1. The van der Waals surface area contributed by atoms with Crippen LogP contribution >= 0.6 is 12.2 Å². The highest BCUT2D eigenvalue weighted by molar-refractivity contribution is 7.81. The Morgan fingerprint density at radius 1 is 1.36 bits per heavy atom. The monoisotopic (exact) mass is 323 g/mol. The fraction of sp³-hybridized carbons (Fsp3) is 0.200. The largest absolute Gasteiger partial charge is 0.418 e. The standard InChI is InChI=1S/C15H12F3N3S/c1-2-11-12(21-14(22)10-5-6-20-8-10)4-3-9(7-19)13(11)15(16,17)18/h3-6,8,20H,2H2,1H3,(H,21,22). The van der Waals surface area contributed by atoms with E-state index in [1.165, 1.54) is 6.07 Å². The molecule has 0 saturated heterocycles. The minimum Gasteiger partial charge on any atom is -0.367 e. The Hall–Kier alpha value is -2.33. The molecule has 1 aromatic heterocycles. The van der Waals surface area contributed by atoms with Crippen molar-refractivity contribution in [3.63, 3.8) is 0 Å². The quantitative estimate of drug-likeness (QED) is 0.830. The molecule has 0 aliphatic rings. The minimum absolute atomic E-state index is 0.0319. The Morgan fingerprint density at radius 2 is 2.09 bits per heavy atom. The summed E-state index contributed by atoms with van der Waals surface area (Å²) in [6, 6.07) is 5.92. The first-order chi connectivity index (χ1) is 10.4. The fourth-order valence-electron chi connectivity index (χ4n) is 2.21. The van der Waals surface area contributed by atoms with Crippen molar-refractivity contribution >= 4 is 22.9 Å². The van der Waals surface area contributed by atoms with E-state index in [2.05, 4.69) is 10.3 Å². The molecule has 0 atom stereocenters. The van der Waals surface area contributed by atoms with Crippen molar-refractivity contribution in [1.82, 2.24) is 4.98 Å². The van der Waals surface area contributed by atoms with Crippen LogP contribution < -0.4 is 5.32 Å². The van der Waals surface area contributed by atoms with Gasteiger partial charge in [0.25, 0.3) is 0 Å². The summed E-state index contributed by atoms with van der Waals surface area (Å²) in [5.74, 6) is 0. The summed E-state index contributed by atoms with van der Waals surface area (Å²) in [4.78, 5) is 3.14. The zero-order valence-electron chi connectivity index (χ0n) is 11.6. The molecule has 3 nitrogen and oxygen atoms in total. The number of hydrogen-bond donors (Lipinski definition) is 2. The topological polar surface area (TPSA) is 51.6 Å². The molecule has 1 aromatic carbocycles. The number of halogens is 3. The van der Waals surface area contributed by atoms with Gasteiger partial charge in [0.15, 0.2) is 0 Å². The van der Waals surface area contributed by atoms with Gasteiger partial charge in [0.1, 0.15) is 4.99 Å². The van der Waals surface area contributed by atoms with E-state index in [-0.39, 0.29) is 23.2 Å². The number of benzene rings is 1. The zero-order chi connectivity index (χ0) is 16.3. The number of aromatic nitrogens is 1. The average Bonchev–Trinajstić information content (AvgIpc) is 3.00. The van der Waals surface area contributed by atoms with Crippen LogP contribution in [0.3, 0.4) is 0 Å². The molecule has 2 aromatic rings. The number of alkyl halides is 3. The molecule has 7 heteroatoms. The second-order valence-corrected chi connectivity index (χ2v) is 4.94. The predicted octanol–water partition coefficient (Wildman–Crippen LogP) is 4.26. The Balaban J connectivity index is 2.49. The third-order valence-corrected chi connectivity index (χ3v) is 3.52. The van der Waals surface area contributed by atoms with Crippen molar-refractivity contribution in [2.75, 3.05) is 5.32 Å². The lowest BCUT2D eigenvalue weighted by Crippen LogP contribution is -2.17. The third-order valence-electron chi connectivity index (χ3n) is 3.18. The molecule has 0 aliphatic heterocycles. The maximum atomic E-state index is 13.3. The van der Waals surface area contributed by atoms with Crippen molar-refractivity contribution < 1.29 is 13.2 Å².